The first-order valence-corrected chi connectivity index (χ1v) is 5.57. The van der Waals surface area contributed by atoms with Crippen molar-refractivity contribution in [2.75, 3.05) is 0 Å². The summed E-state index contributed by atoms with van der Waals surface area (Å²) in [5, 5.41) is 0. The molecule has 1 unspecified atom stereocenters. The molecule has 68 valence electrons. The Morgan fingerprint density at radius 1 is 1.38 bits per heavy atom. The van der Waals surface area contributed by atoms with Gasteiger partial charge in [0.15, 0.2) is 0 Å². The summed E-state index contributed by atoms with van der Waals surface area (Å²) in [6, 6.07) is 0. The molecule has 0 amide bonds. The predicted octanol–water partition coefficient (Wildman–Crippen LogP) is 4.03. The summed E-state index contributed by atoms with van der Waals surface area (Å²) in [5.74, 6) is 0.611. The molecule has 2 rings (SSSR count). The molecule has 0 saturated heterocycles. The van der Waals surface area contributed by atoms with Gasteiger partial charge in [-0.3, -0.25) is 0 Å². The standard InChI is InChI=1S/C12H14S/c1-4-12-8(2)5-11-7-10(12)6-9(3)13-11/h5-6,12H,4H2,1-3H3. The van der Waals surface area contributed by atoms with E-state index in [0.29, 0.717) is 5.92 Å². The van der Waals surface area contributed by atoms with Crippen molar-refractivity contribution in [2.24, 2.45) is 5.92 Å². The zero-order valence-electron chi connectivity index (χ0n) is 8.35. The lowest BCUT2D eigenvalue weighted by Crippen LogP contribution is -2.07. The van der Waals surface area contributed by atoms with Gasteiger partial charge in [-0.25, -0.2) is 0 Å². The molecule has 0 aromatic rings. The summed E-state index contributed by atoms with van der Waals surface area (Å²) in [5.41, 5.74) is 6.33. The van der Waals surface area contributed by atoms with Crippen LogP contribution in [0.15, 0.2) is 38.8 Å². The van der Waals surface area contributed by atoms with Gasteiger partial charge in [0.1, 0.15) is 0 Å². The van der Waals surface area contributed by atoms with Crippen LogP contribution < -0.4 is 0 Å². The molecule has 0 N–H and O–H groups in total. The van der Waals surface area contributed by atoms with E-state index in [1.807, 2.05) is 11.8 Å². The molecule has 0 saturated carbocycles. The van der Waals surface area contributed by atoms with E-state index in [1.165, 1.54) is 27.4 Å². The van der Waals surface area contributed by atoms with Gasteiger partial charge in [-0.05, 0) is 37.3 Å². The zero-order chi connectivity index (χ0) is 9.42. The molecule has 0 fully saturated rings. The van der Waals surface area contributed by atoms with E-state index in [2.05, 4.69) is 38.7 Å². The van der Waals surface area contributed by atoms with Gasteiger partial charge in [-0.1, -0.05) is 24.3 Å². The summed E-state index contributed by atoms with van der Waals surface area (Å²) in [6.45, 7) is 6.64. The second-order valence-corrected chi connectivity index (χ2v) is 4.94. The van der Waals surface area contributed by atoms with Crippen molar-refractivity contribution in [3.05, 3.63) is 38.8 Å². The molecular formula is C12H14S. The van der Waals surface area contributed by atoms with Gasteiger partial charge in [0.25, 0.3) is 0 Å². The molecule has 13 heavy (non-hydrogen) atoms. The quantitative estimate of drug-likeness (QED) is 0.562. The molecule has 0 radical (unpaired) electrons. The molecule has 1 atom stereocenters. The second kappa shape index (κ2) is 3.25. The van der Waals surface area contributed by atoms with Gasteiger partial charge in [-0.15, -0.1) is 5.73 Å². The maximum atomic E-state index is 3.46. The van der Waals surface area contributed by atoms with E-state index < -0.39 is 0 Å². The van der Waals surface area contributed by atoms with Crippen molar-refractivity contribution in [3.63, 3.8) is 0 Å². The highest BCUT2D eigenvalue weighted by Crippen LogP contribution is 2.39. The Morgan fingerprint density at radius 3 is 2.85 bits per heavy atom. The Kier molecular flexibility index (Phi) is 2.23. The molecule has 1 heterocycles. The topological polar surface area (TPSA) is 0 Å². The van der Waals surface area contributed by atoms with Crippen molar-refractivity contribution < 1.29 is 0 Å². The van der Waals surface area contributed by atoms with E-state index in [-0.39, 0.29) is 0 Å². The molecule has 0 nitrogen and oxygen atoms in total. The van der Waals surface area contributed by atoms with E-state index in [9.17, 15) is 0 Å². The van der Waals surface area contributed by atoms with Crippen LogP contribution in [0.2, 0.25) is 0 Å². The van der Waals surface area contributed by atoms with Crippen LogP contribution in [0, 0.1) is 5.92 Å². The highest BCUT2D eigenvalue weighted by atomic mass is 32.2. The molecule has 0 aromatic carbocycles. The van der Waals surface area contributed by atoms with Crippen LogP contribution in [-0.2, 0) is 0 Å². The van der Waals surface area contributed by atoms with Crippen LogP contribution in [0.4, 0.5) is 0 Å². The summed E-state index contributed by atoms with van der Waals surface area (Å²) in [7, 11) is 0. The first-order chi connectivity index (χ1) is 6.20. The van der Waals surface area contributed by atoms with Crippen LogP contribution in [0.1, 0.15) is 27.2 Å². The van der Waals surface area contributed by atoms with Gasteiger partial charge in [0, 0.05) is 11.5 Å². The molecule has 2 aliphatic rings. The molecule has 0 spiro atoms. The van der Waals surface area contributed by atoms with Crippen LogP contribution >= 0.6 is 11.8 Å². The van der Waals surface area contributed by atoms with Gasteiger partial charge in [0.2, 0.25) is 0 Å². The summed E-state index contributed by atoms with van der Waals surface area (Å²) >= 11 is 1.83. The van der Waals surface area contributed by atoms with Crippen LogP contribution in [0.25, 0.3) is 0 Å². The first-order valence-electron chi connectivity index (χ1n) is 4.76. The van der Waals surface area contributed by atoms with Gasteiger partial charge in [0.05, 0.1) is 4.91 Å². The maximum absolute atomic E-state index is 3.46. The molecule has 2 bridgehead atoms. The normalized spacial score (nSPS) is 25.9. The fraction of sp³-hybridized carbons (Fsp3) is 0.417. The van der Waals surface area contributed by atoms with Crippen LogP contribution in [0.3, 0.4) is 0 Å². The second-order valence-electron chi connectivity index (χ2n) is 3.65. The van der Waals surface area contributed by atoms with E-state index >= 15 is 0 Å². The first kappa shape index (κ1) is 8.93. The lowest BCUT2D eigenvalue weighted by Gasteiger charge is -2.23. The molecule has 1 heteroatoms. The SMILES string of the molecule is CCC1C2=C=C(C=C1C)SC(C)=C2. The van der Waals surface area contributed by atoms with Gasteiger partial charge in [-0.2, -0.15) is 0 Å². The highest BCUT2D eigenvalue weighted by molar-refractivity contribution is 8.06. The van der Waals surface area contributed by atoms with E-state index in [1.54, 1.807) is 0 Å². The van der Waals surface area contributed by atoms with Crippen molar-refractivity contribution in [1.29, 1.82) is 0 Å². The number of allylic oxidation sites excluding steroid dienone is 4. The average Bonchev–Trinajstić information content (AvgIpc) is 2.02. The summed E-state index contributed by atoms with van der Waals surface area (Å²) in [6.07, 6.45) is 5.74. The number of thioether (sulfide) groups is 1. The van der Waals surface area contributed by atoms with Crippen LogP contribution in [0.5, 0.6) is 0 Å². The Hall–Kier alpha value is -0.650. The monoisotopic (exact) mass is 190 g/mol. The number of hydrogen-bond donors (Lipinski definition) is 0. The van der Waals surface area contributed by atoms with Crippen molar-refractivity contribution in [3.8, 4) is 0 Å². The number of hydrogen-bond acceptors (Lipinski definition) is 1. The zero-order valence-corrected chi connectivity index (χ0v) is 9.16. The van der Waals surface area contributed by atoms with E-state index in [0.717, 1.165) is 0 Å². The minimum absolute atomic E-state index is 0.611. The van der Waals surface area contributed by atoms with Gasteiger partial charge >= 0.3 is 0 Å². The average molecular weight is 190 g/mol. The molecule has 1 aliphatic heterocycles. The van der Waals surface area contributed by atoms with Crippen molar-refractivity contribution in [2.45, 2.75) is 27.2 Å². The third kappa shape index (κ3) is 1.54. The molecule has 1 aliphatic carbocycles. The smallest absolute Gasteiger partial charge is 0.0540 e. The number of rotatable bonds is 1. The highest BCUT2D eigenvalue weighted by Gasteiger charge is 2.20. The Morgan fingerprint density at radius 2 is 2.15 bits per heavy atom. The largest absolute Gasteiger partial charge is 0.101 e. The Bertz CT molecular complexity index is 363. The minimum Gasteiger partial charge on any atom is -0.101 e. The Balaban J connectivity index is 2.45. The third-order valence-corrected chi connectivity index (χ3v) is 3.47. The lowest BCUT2D eigenvalue weighted by atomic mass is 9.87. The lowest BCUT2D eigenvalue weighted by molar-refractivity contribution is 0.695. The fourth-order valence-corrected chi connectivity index (χ4v) is 2.92. The van der Waals surface area contributed by atoms with Crippen molar-refractivity contribution >= 4 is 11.8 Å². The Labute approximate surface area is 84.1 Å². The maximum Gasteiger partial charge on any atom is 0.0540 e. The van der Waals surface area contributed by atoms with Crippen LogP contribution in [-0.4, -0.2) is 0 Å². The summed E-state index contributed by atoms with van der Waals surface area (Å²) < 4.78 is 0. The predicted molar refractivity (Wildman–Crippen MR) is 59.4 cm³/mol. The summed E-state index contributed by atoms with van der Waals surface area (Å²) in [4.78, 5) is 2.68. The third-order valence-electron chi connectivity index (χ3n) is 2.59. The fourth-order valence-electron chi connectivity index (χ4n) is 1.97. The molecular weight excluding hydrogens is 176 g/mol. The van der Waals surface area contributed by atoms with Crippen molar-refractivity contribution in [1.82, 2.24) is 0 Å². The van der Waals surface area contributed by atoms with Gasteiger partial charge < -0.3 is 0 Å². The van der Waals surface area contributed by atoms with E-state index in [4.69, 9.17) is 0 Å². The minimum atomic E-state index is 0.611. The molecule has 0 aromatic heterocycles.